The summed E-state index contributed by atoms with van der Waals surface area (Å²) in [6.07, 6.45) is 0. The molecule has 1 heterocycles. The molecule has 1 N–H and O–H groups in total. The van der Waals surface area contributed by atoms with E-state index in [0.29, 0.717) is 0 Å². The minimum atomic E-state index is -0.597. The van der Waals surface area contributed by atoms with E-state index in [9.17, 15) is 5.11 Å². The number of β-amino-alcohol motifs (C(OH)–C–C–N with tert-alkyl or cyclic N) is 1. The average molecular weight is 177 g/mol. The van der Waals surface area contributed by atoms with Crippen molar-refractivity contribution in [3.63, 3.8) is 0 Å². The monoisotopic (exact) mass is 177 g/mol. The van der Waals surface area contributed by atoms with Gasteiger partial charge in [-0.2, -0.15) is 0 Å². The van der Waals surface area contributed by atoms with E-state index >= 15 is 0 Å². The van der Waals surface area contributed by atoms with Crippen LogP contribution in [0.25, 0.3) is 0 Å². The molecule has 0 saturated carbocycles. The van der Waals surface area contributed by atoms with E-state index in [0.717, 1.165) is 18.7 Å². The van der Waals surface area contributed by atoms with Gasteiger partial charge in [0.1, 0.15) is 5.60 Å². The number of benzene rings is 1. The van der Waals surface area contributed by atoms with E-state index in [1.165, 1.54) is 5.56 Å². The van der Waals surface area contributed by atoms with Gasteiger partial charge in [-0.15, -0.1) is 0 Å². The fourth-order valence-electron chi connectivity index (χ4n) is 2.11. The maximum Gasteiger partial charge on any atom is 0.115 e. The number of hydrogen-bond acceptors (Lipinski definition) is 2. The van der Waals surface area contributed by atoms with Crippen molar-refractivity contribution in [3.05, 3.63) is 35.4 Å². The van der Waals surface area contributed by atoms with Gasteiger partial charge >= 0.3 is 0 Å². The Bertz CT molecular complexity index is 316. The lowest BCUT2D eigenvalue weighted by atomic mass is 9.84. The predicted octanol–water partition coefficient (Wildman–Crippen LogP) is 1.13. The van der Waals surface area contributed by atoms with Crippen LogP contribution in [0.1, 0.15) is 11.1 Å². The van der Waals surface area contributed by atoms with Crippen molar-refractivity contribution in [2.24, 2.45) is 0 Å². The normalized spacial score (nSPS) is 21.2. The second kappa shape index (κ2) is 2.82. The van der Waals surface area contributed by atoms with Gasteiger partial charge in [0.2, 0.25) is 0 Å². The molecular formula is C11H15NO. The van der Waals surface area contributed by atoms with E-state index < -0.39 is 5.60 Å². The van der Waals surface area contributed by atoms with Crippen molar-refractivity contribution in [2.75, 3.05) is 20.1 Å². The standard InChI is InChI=1S/C11H15NO/c1-9-5-3-4-6-10(9)11(13)7-12(2)8-11/h3-6,13H,7-8H2,1-2H3. The van der Waals surface area contributed by atoms with Crippen molar-refractivity contribution in [1.82, 2.24) is 4.90 Å². The Labute approximate surface area is 78.8 Å². The summed E-state index contributed by atoms with van der Waals surface area (Å²) in [5.74, 6) is 0. The number of hydrogen-bond donors (Lipinski definition) is 1. The van der Waals surface area contributed by atoms with Crippen molar-refractivity contribution >= 4 is 0 Å². The number of likely N-dealkylation sites (N-methyl/N-ethyl adjacent to an activating group) is 1. The van der Waals surface area contributed by atoms with Crippen molar-refractivity contribution in [2.45, 2.75) is 12.5 Å². The summed E-state index contributed by atoms with van der Waals surface area (Å²) in [4.78, 5) is 2.12. The second-order valence-electron chi connectivity index (χ2n) is 4.02. The Morgan fingerprint density at radius 1 is 1.31 bits per heavy atom. The number of aliphatic hydroxyl groups is 1. The quantitative estimate of drug-likeness (QED) is 0.695. The molecule has 2 nitrogen and oxygen atoms in total. The summed E-state index contributed by atoms with van der Waals surface area (Å²) in [5, 5.41) is 10.2. The van der Waals surface area contributed by atoms with Gasteiger partial charge < -0.3 is 5.11 Å². The zero-order chi connectivity index (χ0) is 9.47. The Kier molecular flexibility index (Phi) is 1.90. The lowest BCUT2D eigenvalue weighted by Gasteiger charge is -2.45. The van der Waals surface area contributed by atoms with Gasteiger partial charge in [-0.25, -0.2) is 0 Å². The molecule has 0 unspecified atom stereocenters. The molecule has 1 aliphatic heterocycles. The molecule has 13 heavy (non-hydrogen) atoms. The number of aryl methyl sites for hydroxylation is 1. The summed E-state index contributed by atoms with van der Waals surface area (Å²) < 4.78 is 0. The van der Waals surface area contributed by atoms with Crippen LogP contribution < -0.4 is 0 Å². The Balaban J connectivity index is 2.31. The van der Waals surface area contributed by atoms with Gasteiger partial charge in [0, 0.05) is 13.1 Å². The summed E-state index contributed by atoms with van der Waals surface area (Å²) >= 11 is 0. The van der Waals surface area contributed by atoms with Crippen molar-refractivity contribution in [1.29, 1.82) is 0 Å². The summed E-state index contributed by atoms with van der Waals surface area (Å²) in [5.41, 5.74) is 1.66. The molecule has 1 aromatic rings. The molecule has 1 aromatic carbocycles. The highest BCUT2D eigenvalue weighted by molar-refractivity contribution is 5.33. The zero-order valence-corrected chi connectivity index (χ0v) is 8.12. The molecule has 0 spiro atoms. The van der Waals surface area contributed by atoms with Crippen LogP contribution in [0.3, 0.4) is 0 Å². The van der Waals surface area contributed by atoms with E-state index in [1.807, 2.05) is 38.2 Å². The Morgan fingerprint density at radius 3 is 2.46 bits per heavy atom. The molecule has 2 rings (SSSR count). The molecule has 1 aliphatic rings. The first-order chi connectivity index (χ1) is 6.12. The number of likely N-dealkylation sites (tertiary alicyclic amines) is 1. The summed E-state index contributed by atoms with van der Waals surface area (Å²) in [6, 6.07) is 8.05. The van der Waals surface area contributed by atoms with Crippen LogP contribution in [-0.4, -0.2) is 30.1 Å². The molecule has 0 amide bonds. The number of nitrogens with zero attached hydrogens (tertiary/aromatic N) is 1. The van der Waals surface area contributed by atoms with Crippen LogP contribution in [0, 0.1) is 6.92 Å². The molecule has 70 valence electrons. The van der Waals surface area contributed by atoms with Crippen LogP contribution in [-0.2, 0) is 5.60 Å². The van der Waals surface area contributed by atoms with Gasteiger partial charge in [-0.1, -0.05) is 24.3 Å². The Hall–Kier alpha value is -0.860. The van der Waals surface area contributed by atoms with Gasteiger partial charge in [-0.05, 0) is 25.1 Å². The average Bonchev–Trinajstić information content (AvgIpc) is 2.02. The third-order valence-corrected chi connectivity index (χ3v) is 2.71. The largest absolute Gasteiger partial charge is 0.382 e. The first-order valence-corrected chi connectivity index (χ1v) is 4.59. The smallest absolute Gasteiger partial charge is 0.115 e. The lowest BCUT2D eigenvalue weighted by molar-refractivity contribution is -0.0922. The van der Waals surface area contributed by atoms with Crippen LogP contribution in [0.4, 0.5) is 0 Å². The van der Waals surface area contributed by atoms with E-state index in [2.05, 4.69) is 4.90 Å². The van der Waals surface area contributed by atoms with Crippen molar-refractivity contribution in [3.8, 4) is 0 Å². The molecule has 0 radical (unpaired) electrons. The van der Waals surface area contributed by atoms with Gasteiger partial charge in [0.15, 0.2) is 0 Å². The van der Waals surface area contributed by atoms with Gasteiger partial charge in [0.25, 0.3) is 0 Å². The second-order valence-corrected chi connectivity index (χ2v) is 4.02. The highest BCUT2D eigenvalue weighted by Crippen LogP contribution is 2.32. The molecular weight excluding hydrogens is 162 g/mol. The van der Waals surface area contributed by atoms with E-state index in [4.69, 9.17) is 0 Å². The SMILES string of the molecule is Cc1ccccc1C1(O)CN(C)C1. The maximum absolute atomic E-state index is 10.2. The minimum absolute atomic E-state index is 0.597. The molecule has 0 bridgehead atoms. The molecule has 0 aromatic heterocycles. The molecule has 0 atom stereocenters. The predicted molar refractivity (Wildman–Crippen MR) is 52.6 cm³/mol. The van der Waals surface area contributed by atoms with Gasteiger partial charge in [0.05, 0.1) is 0 Å². The fourth-order valence-corrected chi connectivity index (χ4v) is 2.11. The molecule has 1 saturated heterocycles. The summed E-state index contributed by atoms with van der Waals surface area (Å²) in [6.45, 7) is 3.54. The molecule has 1 fully saturated rings. The van der Waals surface area contributed by atoms with Crippen LogP contribution >= 0.6 is 0 Å². The highest BCUT2D eigenvalue weighted by atomic mass is 16.3. The molecule has 0 aliphatic carbocycles. The zero-order valence-electron chi connectivity index (χ0n) is 8.12. The number of rotatable bonds is 1. The first-order valence-electron chi connectivity index (χ1n) is 4.59. The van der Waals surface area contributed by atoms with Crippen LogP contribution in [0.2, 0.25) is 0 Å². The van der Waals surface area contributed by atoms with Crippen LogP contribution in [0.15, 0.2) is 24.3 Å². The third kappa shape index (κ3) is 1.36. The van der Waals surface area contributed by atoms with E-state index in [1.54, 1.807) is 0 Å². The lowest BCUT2D eigenvalue weighted by Crippen LogP contribution is -2.57. The van der Waals surface area contributed by atoms with Gasteiger partial charge in [-0.3, -0.25) is 4.90 Å². The Morgan fingerprint density at radius 2 is 1.92 bits per heavy atom. The first kappa shape index (κ1) is 8.73. The van der Waals surface area contributed by atoms with Crippen LogP contribution in [0.5, 0.6) is 0 Å². The van der Waals surface area contributed by atoms with Crippen molar-refractivity contribution < 1.29 is 5.11 Å². The fraction of sp³-hybridized carbons (Fsp3) is 0.455. The minimum Gasteiger partial charge on any atom is -0.382 e. The topological polar surface area (TPSA) is 23.5 Å². The highest BCUT2D eigenvalue weighted by Gasteiger charge is 2.41. The molecule has 2 heteroatoms. The third-order valence-electron chi connectivity index (χ3n) is 2.71. The summed E-state index contributed by atoms with van der Waals surface area (Å²) in [7, 11) is 2.02. The van der Waals surface area contributed by atoms with E-state index in [-0.39, 0.29) is 0 Å². The maximum atomic E-state index is 10.2.